The Labute approximate surface area is 242 Å². The molecule has 3 aliphatic carbocycles. The summed E-state index contributed by atoms with van der Waals surface area (Å²) in [5.74, 6) is -4.39. The van der Waals surface area contributed by atoms with Crippen LogP contribution < -0.4 is 10.6 Å². The number of nitrogens with zero attached hydrogens (tertiary/aromatic N) is 3. The molecule has 0 bridgehead atoms. The van der Waals surface area contributed by atoms with Crippen molar-refractivity contribution in [1.29, 1.82) is 0 Å². The minimum atomic E-state index is -2.39. The second-order valence-electron chi connectivity index (χ2n) is 12.9. The molecule has 0 unspecified atom stereocenters. The van der Waals surface area contributed by atoms with Gasteiger partial charge in [0.05, 0.1) is 0 Å². The number of aliphatic hydroxyl groups is 3. The number of aromatic hydroxyl groups is 1. The Hall–Kier alpha value is -3.15. The number of Topliss-reactive ketones (excluding diaryl/α,β-unsaturated/α-hetero) is 1. The Bertz CT molecular complexity index is 1390. The number of carbonyl (C=O) groups is 2. The second kappa shape index (κ2) is 10.3. The maximum absolute atomic E-state index is 14.1. The second-order valence-corrected chi connectivity index (χ2v) is 12.9. The number of carbonyl (C=O) groups excluding carboxylic acids is 2. The molecule has 3 aliphatic rings. The summed E-state index contributed by atoms with van der Waals surface area (Å²) < 4.78 is 0. The monoisotopic (exact) mass is 565 g/mol. The summed E-state index contributed by atoms with van der Waals surface area (Å²) in [6.45, 7) is 9.80. The van der Waals surface area contributed by atoms with Gasteiger partial charge in [0, 0.05) is 0 Å². The van der Waals surface area contributed by atoms with Gasteiger partial charge in [0.25, 0.3) is 0 Å². The number of aliphatic hydroxyl groups excluding tert-OH is 2. The first-order valence-corrected chi connectivity index (χ1v) is 13.9. The number of fused-ring (bicyclic) bond motifs is 3. The average molecular weight is 566 g/mol. The summed E-state index contributed by atoms with van der Waals surface area (Å²) in [4.78, 5) is 32.3. The molecular weight excluding hydrogens is 523 g/mol. The predicted molar refractivity (Wildman–Crippen MR) is 160 cm³/mol. The van der Waals surface area contributed by atoms with Crippen LogP contribution in [0.3, 0.4) is 0 Å². The summed E-state index contributed by atoms with van der Waals surface area (Å²) in [6, 6.07) is 0.696. The topological polar surface area (TPSA) is 151 Å². The molecule has 11 heteroatoms. The van der Waals surface area contributed by atoms with E-state index >= 15 is 0 Å². The van der Waals surface area contributed by atoms with Crippen LogP contribution in [0.1, 0.15) is 50.8 Å². The number of amides is 1. The number of anilines is 1. The van der Waals surface area contributed by atoms with Crippen LogP contribution in [0.4, 0.5) is 5.69 Å². The number of hydrogen-bond acceptors (Lipinski definition) is 9. The van der Waals surface area contributed by atoms with E-state index in [9.17, 15) is 30.0 Å². The van der Waals surface area contributed by atoms with Gasteiger partial charge < -0.3 is 0 Å². The molecule has 0 heterocycles. The van der Waals surface area contributed by atoms with Crippen molar-refractivity contribution in [2.24, 2.45) is 17.6 Å². The van der Waals surface area contributed by atoms with E-state index in [0.29, 0.717) is 18.5 Å². The molecule has 1 amide bonds. The fourth-order valence-electron chi connectivity index (χ4n) is 7.17. The van der Waals surface area contributed by atoms with E-state index < -0.39 is 57.7 Å². The number of benzene rings is 1. The number of phenolic OH excluding ortho intramolecular Hbond substituents is 1. The Morgan fingerprint density at radius 1 is 1.17 bits per heavy atom. The average Bonchev–Trinajstić information content (AvgIpc) is 2.83. The molecule has 1 aromatic rings. The normalized spacial score (nSPS) is 26.3. The van der Waals surface area contributed by atoms with Crippen molar-refractivity contribution in [3.05, 3.63) is 39.7 Å². The zero-order valence-electron chi connectivity index (χ0n) is 25.2. The van der Waals surface area contributed by atoms with Crippen LogP contribution in [-0.2, 0) is 22.6 Å². The third-order valence-electron chi connectivity index (χ3n) is 9.01. The molecule has 6 N–H and O–H groups in total. The van der Waals surface area contributed by atoms with Gasteiger partial charge in [-0.05, 0) is 20.8 Å². The molecule has 1 fully saturated rings. The Morgan fingerprint density at radius 2 is 1.78 bits per heavy atom. The molecule has 1 saturated carbocycles. The summed E-state index contributed by atoms with van der Waals surface area (Å²) in [6.07, 6.45) is 0.471. The van der Waals surface area contributed by atoms with E-state index in [1.165, 1.54) is 0 Å². The zero-order chi connectivity index (χ0) is 30.9. The fraction of sp³-hybridized carbons (Fsp3) is 0.567. The fourth-order valence-corrected chi connectivity index (χ4v) is 7.17. The van der Waals surface area contributed by atoms with E-state index in [1.54, 1.807) is 25.1 Å². The number of phenols is 1. The van der Waals surface area contributed by atoms with Gasteiger partial charge in [-0.2, -0.15) is 0 Å². The van der Waals surface area contributed by atoms with E-state index in [4.69, 9.17) is 13.2 Å². The van der Waals surface area contributed by atoms with Crippen LogP contribution in [-0.4, -0.2) is 107 Å². The van der Waals surface area contributed by atoms with Crippen molar-refractivity contribution >= 4 is 36.1 Å². The minimum absolute atomic E-state index is 0.0560. The Balaban J connectivity index is 1.94. The number of nitrogens with two attached hydrogens (primary N) is 1. The first-order valence-electron chi connectivity index (χ1n) is 13.9. The molecule has 41 heavy (non-hydrogen) atoms. The molecule has 4 atom stereocenters. The molecule has 10 nitrogen and oxygen atoms in total. The summed E-state index contributed by atoms with van der Waals surface area (Å²) in [5, 5.41) is 45.8. The molecule has 4 rings (SSSR count). The zero-order valence-corrected chi connectivity index (χ0v) is 25.2. The van der Waals surface area contributed by atoms with E-state index in [2.05, 4.69) is 32.6 Å². The van der Waals surface area contributed by atoms with Gasteiger partial charge in [-0.15, -0.1) is 0 Å². The van der Waals surface area contributed by atoms with Crippen LogP contribution in [0.2, 0.25) is 0 Å². The molecule has 0 aliphatic heterocycles. The van der Waals surface area contributed by atoms with Crippen LogP contribution in [0, 0.1) is 11.8 Å². The van der Waals surface area contributed by atoms with Crippen molar-refractivity contribution in [1.82, 2.24) is 9.80 Å². The standard InChI is InChI=1S/C30H42BN4O6/c1-9-35(29(2,3)4)13-15-12-18(36)20-16(22(15)33(5)6)10-14-11-17-23(34(7)8)25(38)21(28(32)40)26(31)30(17,41)27(39)19(14)24(20)37/h12,14,17,23,36-38,41H,9-11,13H2,1-8H3,(H2,32,40)/t14-,17-,23-,30+/m0/s1. The first-order chi connectivity index (χ1) is 18.9. The van der Waals surface area contributed by atoms with Crippen molar-refractivity contribution in [2.75, 3.05) is 39.6 Å². The summed E-state index contributed by atoms with van der Waals surface area (Å²) in [5.41, 5.74) is 4.48. The number of primary amides is 1. The molecule has 1 aromatic carbocycles. The van der Waals surface area contributed by atoms with Gasteiger partial charge in [0.1, 0.15) is 0 Å². The van der Waals surface area contributed by atoms with E-state index in [-0.39, 0.29) is 28.8 Å². The van der Waals surface area contributed by atoms with E-state index in [1.807, 2.05) is 19.0 Å². The third kappa shape index (κ3) is 4.58. The molecule has 0 aromatic heterocycles. The van der Waals surface area contributed by atoms with Gasteiger partial charge in [0.15, 0.2) is 0 Å². The molecule has 0 saturated heterocycles. The summed E-state index contributed by atoms with van der Waals surface area (Å²) in [7, 11) is 13.3. The van der Waals surface area contributed by atoms with Crippen LogP contribution in [0.15, 0.2) is 23.0 Å². The SMILES string of the molecule is [B]=C1C(C(N)=O)=C(O)[C@@H](N(C)C)[C@@H]2C[C@@H]3Cc4c(c(O)cc(CN(CC)C(C)(C)C)c4N(C)C)C(O)=C3C(=O)[C@]12O. The quantitative estimate of drug-likeness (QED) is 0.323. The van der Waals surface area contributed by atoms with Crippen molar-refractivity contribution in [3.8, 4) is 5.75 Å². The van der Waals surface area contributed by atoms with Crippen molar-refractivity contribution in [2.45, 2.75) is 64.3 Å². The van der Waals surface area contributed by atoms with Crippen molar-refractivity contribution < 1.29 is 30.0 Å². The molecule has 1 radical (unpaired) electrons. The number of rotatable bonds is 6. The maximum atomic E-state index is 14.1. The van der Waals surface area contributed by atoms with Crippen LogP contribution in [0.5, 0.6) is 5.75 Å². The number of hydrogen-bond donors (Lipinski definition) is 5. The predicted octanol–water partition coefficient (Wildman–Crippen LogP) is 1.42. The van der Waals surface area contributed by atoms with Gasteiger partial charge in [-0.3, -0.25) is 0 Å². The van der Waals surface area contributed by atoms with Gasteiger partial charge in [-0.1, -0.05) is 6.92 Å². The number of likely N-dealkylation sites (N-methyl/N-ethyl adjacent to an activating group) is 1. The molecule has 0 spiro atoms. The first kappa shape index (κ1) is 30.8. The molecular formula is C30H42BN4O6. The Morgan fingerprint density at radius 3 is 2.27 bits per heavy atom. The van der Waals surface area contributed by atoms with E-state index in [0.717, 1.165) is 17.8 Å². The Kier molecular flexibility index (Phi) is 7.73. The number of ketones is 1. The molecule has 221 valence electrons. The van der Waals surface area contributed by atoms with Crippen molar-refractivity contribution in [3.63, 3.8) is 0 Å². The van der Waals surface area contributed by atoms with Crippen LogP contribution in [0.25, 0.3) is 5.76 Å². The van der Waals surface area contributed by atoms with Gasteiger partial charge in [0.2, 0.25) is 0 Å². The summed E-state index contributed by atoms with van der Waals surface area (Å²) >= 11 is 0. The van der Waals surface area contributed by atoms with Gasteiger partial charge >= 0.3 is 215 Å². The van der Waals surface area contributed by atoms with Crippen LogP contribution >= 0.6 is 0 Å². The van der Waals surface area contributed by atoms with Gasteiger partial charge in [-0.25, -0.2) is 0 Å². The third-order valence-corrected chi connectivity index (χ3v) is 9.01.